The maximum atomic E-state index is 5.76. The van der Waals surface area contributed by atoms with E-state index in [2.05, 4.69) is 35.6 Å². The second-order valence-electron chi connectivity index (χ2n) is 3.51. The molecule has 0 rings (SSSR count). The van der Waals surface area contributed by atoms with Crippen LogP contribution in [0.2, 0.25) is 0 Å². The molecule has 0 fully saturated rings. The zero-order chi connectivity index (χ0) is 11.5. The van der Waals surface area contributed by atoms with Crippen molar-refractivity contribution in [2.24, 2.45) is 0 Å². The van der Waals surface area contributed by atoms with Crippen LogP contribution in [0.25, 0.3) is 0 Å². The molecule has 0 amide bonds. The van der Waals surface area contributed by atoms with Gasteiger partial charge in [0.1, 0.15) is 0 Å². The van der Waals surface area contributed by atoms with Crippen molar-refractivity contribution in [1.82, 2.24) is 0 Å². The molecule has 3 heteroatoms. The van der Waals surface area contributed by atoms with Crippen molar-refractivity contribution in [3.8, 4) is 0 Å². The van der Waals surface area contributed by atoms with Crippen LogP contribution in [0, 0.1) is 0 Å². The largest absolute Gasteiger partial charge is 0.353 e. The molecule has 1 unspecified atom stereocenters. The van der Waals surface area contributed by atoms with Crippen molar-refractivity contribution >= 4 is 22.6 Å². The van der Waals surface area contributed by atoms with Crippen LogP contribution in [0.5, 0.6) is 0 Å². The molecule has 0 aromatic heterocycles. The number of ether oxygens (including phenoxy) is 2. The topological polar surface area (TPSA) is 18.5 Å². The minimum atomic E-state index is -0.103. The minimum Gasteiger partial charge on any atom is -0.353 e. The first-order valence-electron chi connectivity index (χ1n) is 5.78. The van der Waals surface area contributed by atoms with Gasteiger partial charge in [-0.05, 0) is 30.4 Å². The van der Waals surface area contributed by atoms with Gasteiger partial charge in [0.15, 0.2) is 6.29 Å². The van der Waals surface area contributed by atoms with Gasteiger partial charge in [0, 0.05) is 6.61 Å². The Hall–Kier alpha value is 0.390. The Balaban J connectivity index is 3.81. The Kier molecular flexibility index (Phi) is 11.2. The monoisotopic (exact) mass is 326 g/mol. The van der Waals surface area contributed by atoms with Crippen molar-refractivity contribution in [1.29, 1.82) is 0 Å². The van der Waals surface area contributed by atoms with E-state index in [0.717, 1.165) is 6.42 Å². The van der Waals surface area contributed by atoms with Gasteiger partial charge in [-0.3, -0.25) is 0 Å². The molecular weight excluding hydrogens is 303 g/mol. The fraction of sp³-hybridized carbons (Fsp3) is 0.833. The van der Waals surface area contributed by atoms with Crippen molar-refractivity contribution in [2.45, 2.75) is 58.8 Å². The van der Waals surface area contributed by atoms with Crippen LogP contribution in [-0.2, 0) is 9.47 Å². The van der Waals surface area contributed by atoms with Crippen LogP contribution in [0.1, 0.15) is 46.5 Å². The molecule has 0 aromatic carbocycles. The maximum absolute atomic E-state index is 5.76. The second kappa shape index (κ2) is 10.9. The normalized spacial score (nSPS) is 15.7. The summed E-state index contributed by atoms with van der Waals surface area (Å²) < 4.78 is 13.2. The fourth-order valence-corrected chi connectivity index (χ4v) is 1.87. The molecule has 15 heavy (non-hydrogen) atoms. The Bertz CT molecular complexity index is 160. The average molecular weight is 326 g/mol. The number of halogens is 1. The Labute approximate surface area is 108 Å². The number of rotatable bonds is 9. The van der Waals surface area contributed by atoms with Gasteiger partial charge >= 0.3 is 0 Å². The summed E-state index contributed by atoms with van der Waals surface area (Å²) in [5.74, 6) is 0. The lowest BCUT2D eigenvalue weighted by atomic mass is 10.1. The third kappa shape index (κ3) is 9.33. The number of unbranched alkanes of at least 4 members (excludes halogenated alkanes) is 2. The zero-order valence-corrected chi connectivity index (χ0v) is 12.2. The molecule has 0 aromatic rings. The van der Waals surface area contributed by atoms with Gasteiger partial charge < -0.3 is 9.47 Å². The first-order valence-corrected chi connectivity index (χ1v) is 7.03. The smallest absolute Gasteiger partial charge is 0.155 e. The van der Waals surface area contributed by atoms with E-state index in [1.165, 1.54) is 19.3 Å². The van der Waals surface area contributed by atoms with Crippen LogP contribution < -0.4 is 0 Å². The maximum Gasteiger partial charge on any atom is 0.155 e. The van der Waals surface area contributed by atoms with E-state index < -0.39 is 0 Å². The van der Waals surface area contributed by atoms with Gasteiger partial charge in [-0.25, -0.2) is 0 Å². The van der Waals surface area contributed by atoms with Gasteiger partial charge in [0.05, 0.1) is 6.10 Å². The van der Waals surface area contributed by atoms with E-state index in [1.54, 1.807) is 0 Å². The predicted octanol–water partition coefficient (Wildman–Crippen LogP) is 4.28. The summed E-state index contributed by atoms with van der Waals surface area (Å²) in [6.45, 7) is 6.86. The van der Waals surface area contributed by atoms with E-state index >= 15 is 0 Å². The van der Waals surface area contributed by atoms with E-state index in [9.17, 15) is 0 Å². The summed E-state index contributed by atoms with van der Waals surface area (Å²) in [7, 11) is 0. The molecule has 0 radical (unpaired) electrons. The van der Waals surface area contributed by atoms with E-state index in [-0.39, 0.29) is 12.4 Å². The number of hydrogen-bond donors (Lipinski definition) is 0. The van der Waals surface area contributed by atoms with Crippen molar-refractivity contribution in [3.63, 3.8) is 0 Å². The molecule has 0 saturated heterocycles. The SMILES string of the molecule is CCCCCC(/C=C\I)O[C@H](C)OCC. The molecule has 0 saturated carbocycles. The fourth-order valence-electron chi connectivity index (χ4n) is 1.41. The highest BCUT2D eigenvalue weighted by Crippen LogP contribution is 2.12. The molecular formula is C12H23IO2. The molecule has 0 aliphatic heterocycles. The summed E-state index contributed by atoms with van der Waals surface area (Å²) in [6.07, 6.45) is 7.04. The molecule has 90 valence electrons. The summed E-state index contributed by atoms with van der Waals surface area (Å²) >= 11 is 2.23. The Morgan fingerprint density at radius 1 is 1.27 bits per heavy atom. The number of hydrogen-bond acceptors (Lipinski definition) is 2. The highest BCUT2D eigenvalue weighted by atomic mass is 127. The molecule has 0 N–H and O–H groups in total. The van der Waals surface area contributed by atoms with Gasteiger partial charge in [-0.1, -0.05) is 48.8 Å². The first kappa shape index (κ1) is 15.4. The quantitative estimate of drug-likeness (QED) is 0.358. The Morgan fingerprint density at radius 3 is 2.53 bits per heavy atom. The van der Waals surface area contributed by atoms with E-state index in [4.69, 9.17) is 9.47 Å². The van der Waals surface area contributed by atoms with Crippen molar-refractivity contribution in [2.75, 3.05) is 6.61 Å². The van der Waals surface area contributed by atoms with Crippen LogP contribution in [0.3, 0.4) is 0 Å². The molecule has 2 atom stereocenters. The van der Waals surface area contributed by atoms with Crippen LogP contribution in [0.4, 0.5) is 0 Å². The molecule has 2 nitrogen and oxygen atoms in total. The minimum absolute atomic E-state index is 0.103. The van der Waals surface area contributed by atoms with Crippen LogP contribution in [0.15, 0.2) is 10.2 Å². The lowest BCUT2D eigenvalue weighted by molar-refractivity contribution is -0.147. The van der Waals surface area contributed by atoms with E-state index in [0.29, 0.717) is 6.61 Å². The van der Waals surface area contributed by atoms with Gasteiger partial charge in [0.25, 0.3) is 0 Å². The van der Waals surface area contributed by atoms with Crippen molar-refractivity contribution in [3.05, 3.63) is 10.2 Å². The summed E-state index contributed by atoms with van der Waals surface area (Å²) in [5.41, 5.74) is 0. The second-order valence-corrected chi connectivity index (χ2v) is 4.23. The summed E-state index contributed by atoms with van der Waals surface area (Å²) in [4.78, 5) is 0. The highest BCUT2D eigenvalue weighted by molar-refractivity contribution is 14.1. The van der Waals surface area contributed by atoms with Crippen LogP contribution in [-0.4, -0.2) is 19.0 Å². The highest BCUT2D eigenvalue weighted by Gasteiger charge is 2.09. The standard InChI is InChI=1S/C12H23IO2/c1-4-6-7-8-12(9-10-13)15-11(3)14-5-2/h9-12H,4-8H2,1-3H3/b10-9-/t11-,12?/m1/s1. The van der Waals surface area contributed by atoms with Crippen LogP contribution >= 0.6 is 22.6 Å². The Morgan fingerprint density at radius 2 is 2.00 bits per heavy atom. The summed E-state index contributed by atoms with van der Waals surface area (Å²) in [5, 5.41) is 0. The zero-order valence-electron chi connectivity index (χ0n) is 10.0. The van der Waals surface area contributed by atoms with Crippen molar-refractivity contribution < 1.29 is 9.47 Å². The van der Waals surface area contributed by atoms with Gasteiger partial charge in [0.2, 0.25) is 0 Å². The van der Waals surface area contributed by atoms with Gasteiger partial charge in [-0.2, -0.15) is 0 Å². The molecule has 0 aliphatic carbocycles. The predicted molar refractivity (Wildman–Crippen MR) is 73.3 cm³/mol. The lowest BCUT2D eigenvalue weighted by Crippen LogP contribution is -2.20. The molecule has 0 heterocycles. The molecule has 0 spiro atoms. The molecule has 0 aliphatic rings. The molecule has 0 bridgehead atoms. The average Bonchev–Trinajstić information content (AvgIpc) is 2.18. The van der Waals surface area contributed by atoms with E-state index in [1.807, 2.05) is 17.9 Å². The third-order valence-electron chi connectivity index (χ3n) is 2.15. The van der Waals surface area contributed by atoms with Gasteiger partial charge in [-0.15, -0.1) is 0 Å². The summed E-state index contributed by atoms with van der Waals surface area (Å²) in [6, 6.07) is 0. The lowest BCUT2D eigenvalue weighted by Gasteiger charge is -2.19. The third-order valence-corrected chi connectivity index (χ3v) is 2.56. The first-order chi connectivity index (χ1) is 7.24.